The van der Waals surface area contributed by atoms with Crippen molar-refractivity contribution >= 4 is 17.4 Å². The number of ketones is 1. The zero-order chi connectivity index (χ0) is 16.5. The van der Waals surface area contributed by atoms with Gasteiger partial charge in [0.2, 0.25) is 5.91 Å². The highest BCUT2D eigenvalue weighted by Gasteiger charge is 2.43. The van der Waals surface area contributed by atoms with Gasteiger partial charge in [0.25, 0.3) is 0 Å². The van der Waals surface area contributed by atoms with Crippen LogP contribution in [0.25, 0.3) is 11.1 Å². The summed E-state index contributed by atoms with van der Waals surface area (Å²) >= 11 is 0. The Morgan fingerprint density at radius 2 is 1.67 bits per heavy atom. The van der Waals surface area contributed by atoms with Gasteiger partial charge in [0.1, 0.15) is 5.78 Å². The monoisotopic (exact) mass is 320 g/mol. The molecule has 1 amide bonds. The van der Waals surface area contributed by atoms with Gasteiger partial charge >= 0.3 is 0 Å². The summed E-state index contributed by atoms with van der Waals surface area (Å²) in [7, 11) is 0. The number of rotatable bonds is 3. The van der Waals surface area contributed by atoms with E-state index in [4.69, 9.17) is 0 Å². The van der Waals surface area contributed by atoms with E-state index in [0.29, 0.717) is 18.6 Å². The zero-order valence-electron chi connectivity index (χ0n) is 13.4. The molecule has 4 heteroatoms. The Kier molecular flexibility index (Phi) is 3.89. The molecule has 0 spiro atoms. The Hall–Kier alpha value is -2.49. The largest absolute Gasteiger partial charge is 0.325 e. The van der Waals surface area contributed by atoms with Crippen LogP contribution < -0.4 is 5.32 Å². The van der Waals surface area contributed by atoms with Gasteiger partial charge in [-0.3, -0.25) is 14.6 Å². The first-order valence-corrected chi connectivity index (χ1v) is 8.56. The average molecular weight is 320 g/mol. The van der Waals surface area contributed by atoms with Crippen molar-refractivity contribution in [3.63, 3.8) is 0 Å². The maximum atomic E-state index is 12.7. The number of hydrogen-bond donors (Lipinski definition) is 1. The molecule has 1 aromatic carbocycles. The fraction of sp³-hybridized carbons (Fsp3) is 0.350. The van der Waals surface area contributed by atoms with E-state index in [1.165, 1.54) is 0 Å². The maximum Gasteiger partial charge on any atom is 0.227 e. The summed E-state index contributed by atoms with van der Waals surface area (Å²) in [6, 6.07) is 11.7. The molecule has 122 valence electrons. The first-order chi connectivity index (χ1) is 11.7. The van der Waals surface area contributed by atoms with Crippen LogP contribution >= 0.6 is 0 Å². The number of nitrogens with one attached hydrogen (secondary N) is 1. The molecule has 1 N–H and O–H groups in total. The second kappa shape index (κ2) is 6.19. The van der Waals surface area contributed by atoms with Crippen LogP contribution in [0.5, 0.6) is 0 Å². The smallest absolute Gasteiger partial charge is 0.227 e. The highest BCUT2D eigenvalue weighted by atomic mass is 16.2. The Labute approximate surface area is 141 Å². The first-order valence-electron chi connectivity index (χ1n) is 8.56. The molecular formula is C20H20N2O2. The number of para-hydroxylation sites is 1. The summed E-state index contributed by atoms with van der Waals surface area (Å²) < 4.78 is 0. The minimum atomic E-state index is -0.0503. The van der Waals surface area contributed by atoms with Gasteiger partial charge in [0, 0.05) is 41.4 Å². The molecule has 0 saturated heterocycles. The van der Waals surface area contributed by atoms with E-state index in [9.17, 15) is 9.59 Å². The number of hydrogen-bond acceptors (Lipinski definition) is 3. The van der Waals surface area contributed by atoms with Crippen molar-refractivity contribution in [2.45, 2.75) is 25.7 Å². The average Bonchev–Trinajstić information content (AvgIpc) is 2.84. The standard InChI is InChI=1S/C20H20N2O2/c23-19-14-5-6-15(19)12-16(11-14)20(24)22-18-4-2-1-3-17(18)13-7-9-21-10-8-13/h1-4,7-10,14-16H,5-6,11-12H2,(H,22,24)/t14-,15+,16?. The van der Waals surface area contributed by atoms with Gasteiger partial charge in [-0.1, -0.05) is 18.2 Å². The van der Waals surface area contributed by atoms with Crippen LogP contribution in [0.15, 0.2) is 48.8 Å². The Morgan fingerprint density at radius 3 is 2.38 bits per heavy atom. The lowest BCUT2D eigenvalue weighted by Crippen LogP contribution is -2.33. The molecule has 0 radical (unpaired) electrons. The van der Waals surface area contributed by atoms with Crippen molar-refractivity contribution in [1.29, 1.82) is 0 Å². The lowest BCUT2D eigenvalue weighted by atomic mass is 9.79. The van der Waals surface area contributed by atoms with Crippen molar-refractivity contribution in [3.8, 4) is 11.1 Å². The zero-order valence-corrected chi connectivity index (χ0v) is 13.4. The normalized spacial score (nSPS) is 25.5. The molecule has 1 heterocycles. The molecule has 4 rings (SSSR count). The van der Waals surface area contributed by atoms with Crippen molar-refractivity contribution in [2.75, 3.05) is 5.32 Å². The molecule has 2 aliphatic carbocycles. The molecular weight excluding hydrogens is 300 g/mol. The number of amides is 1. The number of nitrogens with zero attached hydrogens (tertiary/aromatic N) is 1. The van der Waals surface area contributed by atoms with Crippen molar-refractivity contribution in [2.24, 2.45) is 17.8 Å². The molecule has 2 aromatic rings. The van der Waals surface area contributed by atoms with Crippen molar-refractivity contribution < 1.29 is 9.59 Å². The van der Waals surface area contributed by atoms with E-state index >= 15 is 0 Å². The van der Waals surface area contributed by atoms with Crippen molar-refractivity contribution in [1.82, 2.24) is 4.98 Å². The lowest BCUT2D eigenvalue weighted by Gasteiger charge is -2.26. The molecule has 3 atom stereocenters. The number of carbonyl (C=O) groups is 2. The third-order valence-electron chi connectivity index (χ3n) is 5.35. The van der Waals surface area contributed by atoms with Gasteiger partial charge in [-0.15, -0.1) is 0 Å². The van der Waals surface area contributed by atoms with E-state index in [1.807, 2.05) is 36.4 Å². The predicted octanol–water partition coefficient (Wildman–Crippen LogP) is 3.69. The Morgan fingerprint density at radius 1 is 1.00 bits per heavy atom. The summed E-state index contributed by atoms with van der Waals surface area (Å²) in [6.45, 7) is 0. The van der Waals surface area contributed by atoms with Gasteiger partial charge in [-0.05, 0) is 49.4 Å². The molecule has 1 unspecified atom stereocenters. The molecule has 2 aliphatic rings. The van der Waals surface area contributed by atoms with E-state index in [2.05, 4.69) is 10.3 Å². The number of pyridine rings is 1. The minimum absolute atomic E-state index is 0.0425. The first kappa shape index (κ1) is 15.1. The number of aromatic nitrogens is 1. The Bertz CT molecular complexity index is 756. The summed E-state index contributed by atoms with van der Waals surface area (Å²) in [6.07, 6.45) is 6.83. The van der Waals surface area contributed by atoms with E-state index in [1.54, 1.807) is 12.4 Å². The predicted molar refractivity (Wildman–Crippen MR) is 92.2 cm³/mol. The summed E-state index contributed by atoms with van der Waals surface area (Å²) in [5.74, 6) is 0.590. The highest BCUT2D eigenvalue weighted by molar-refractivity contribution is 5.98. The highest BCUT2D eigenvalue weighted by Crippen LogP contribution is 2.42. The second-order valence-electron chi connectivity index (χ2n) is 6.81. The quantitative estimate of drug-likeness (QED) is 0.938. The lowest BCUT2D eigenvalue weighted by molar-refractivity contribution is -0.130. The molecule has 2 bridgehead atoms. The Balaban J connectivity index is 1.54. The van der Waals surface area contributed by atoms with E-state index in [0.717, 1.165) is 29.7 Å². The fourth-order valence-corrected chi connectivity index (χ4v) is 4.10. The number of benzene rings is 1. The van der Waals surface area contributed by atoms with Crippen LogP contribution in [0.4, 0.5) is 5.69 Å². The number of carbonyl (C=O) groups excluding carboxylic acids is 2. The van der Waals surface area contributed by atoms with E-state index in [-0.39, 0.29) is 23.7 Å². The maximum absolute atomic E-state index is 12.7. The number of fused-ring (bicyclic) bond motifs is 2. The van der Waals surface area contributed by atoms with Crippen LogP contribution in [0.3, 0.4) is 0 Å². The van der Waals surface area contributed by atoms with Gasteiger partial charge < -0.3 is 5.32 Å². The van der Waals surface area contributed by atoms with Crippen LogP contribution in [0.2, 0.25) is 0 Å². The summed E-state index contributed by atoms with van der Waals surface area (Å²) in [5, 5.41) is 3.09. The van der Waals surface area contributed by atoms with Gasteiger partial charge in [0.05, 0.1) is 0 Å². The van der Waals surface area contributed by atoms with Crippen LogP contribution in [-0.2, 0) is 9.59 Å². The number of Topliss-reactive ketones (excluding diaryl/α,β-unsaturated/α-hetero) is 1. The topological polar surface area (TPSA) is 59.1 Å². The number of anilines is 1. The molecule has 2 fully saturated rings. The summed E-state index contributed by atoms with van der Waals surface area (Å²) in [4.78, 5) is 28.8. The third-order valence-corrected chi connectivity index (χ3v) is 5.35. The molecule has 1 aromatic heterocycles. The fourth-order valence-electron chi connectivity index (χ4n) is 4.10. The molecule has 2 saturated carbocycles. The molecule has 24 heavy (non-hydrogen) atoms. The molecule has 4 nitrogen and oxygen atoms in total. The molecule has 0 aliphatic heterocycles. The van der Waals surface area contributed by atoms with Gasteiger partial charge in [-0.25, -0.2) is 0 Å². The summed E-state index contributed by atoms with van der Waals surface area (Å²) in [5.41, 5.74) is 2.83. The van der Waals surface area contributed by atoms with Crippen LogP contribution in [0.1, 0.15) is 25.7 Å². The third kappa shape index (κ3) is 2.73. The van der Waals surface area contributed by atoms with E-state index < -0.39 is 0 Å². The van der Waals surface area contributed by atoms with Gasteiger partial charge in [-0.2, -0.15) is 0 Å². The van der Waals surface area contributed by atoms with Gasteiger partial charge in [0.15, 0.2) is 0 Å². The van der Waals surface area contributed by atoms with Crippen LogP contribution in [0, 0.1) is 17.8 Å². The van der Waals surface area contributed by atoms with Crippen molar-refractivity contribution in [3.05, 3.63) is 48.8 Å². The second-order valence-corrected chi connectivity index (χ2v) is 6.81. The van der Waals surface area contributed by atoms with Crippen LogP contribution in [-0.4, -0.2) is 16.7 Å². The SMILES string of the molecule is O=C(Nc1ccccc1-c1ccncc1)C1C[C@H]2CC[C@@H](C1)C2=O. The minimum Gasteiger partial charge on any atom is -0.325 e.